The van der Waals surface area contributed by atoms with E-state index >= 15 is 0 Å². The highest BCUT2D eigenvalue weighted by atomic mass is 19.1. The Balaban J connectivity index is 2.25. The summed E-state index contributed by atoms with van der Waals surface area (Å²) in [4.78, 5) is 50.0. The minimum Gasteiger partial charge on any atom is -0.469 e. The lowest BCUT2D eigenvalue weighted by atomic mass is 10.0. The fraction of sp³-hybridized carbons (Fsp3) is 0.391. The Kier molecular flexibility index (Phi) is 8.10. The third-order valence-corrected chi connectivity index (χ3v) is 5.56. The summed E-state index contributed by atoms with van der Waals surface area (Å²) < 4.78 is 19.5. The largest absolute Gasteiger partial charge is 0.469 e. The molecule has 33 heavy (non-hydrogen) atoms. The number of esters is 1. The Labute approximate surface area is 190 Å². The highest BCUT2D eigenvalue weighted by Gasteiger charge is 2.30. The lowest BCUT2D eigenvalue weighted by Gasteiger charge is -2.17. The number of amides is 2. The van der Waals surface area contributed by atoms with E-state index in [2.05, 4.69) is 15.4 Å². The van der Waals surface area contributed by atoms with E-state index < -0.39 is 41.4 Å². The third kappa shape index (κ3) is 5.46. The van der Waals surface area contributed by atoms with Crippen molar-refractivity contribution in [3.63, 3.8) is 0 Å². The van der Waals surface area contributed by atoms with Gasteiger partial charge in [-0.2, -0.15) is 0 Å². The van der Waals surface area contributed by atoms with E-state index in [1.54, 1.807) is 27.8 Å². The van der Waals surface area contributed by atoms with Gasteiger partial charge in [0.25, 0.3) is 17.6 Å². The lowest BCUT2D eigenvalue weighted by molar-refractivity contribution is -0.148. The number of rotatable bonds is 8. The van der Waals surface area contributed by atoms with Gasteiger partial charge in [0.15, 0.2) is 0 Å². The van der Waals surface area contributed by atoms with Crippen molar-refractivity contribution in [2.75, 3.05) is 19.0 Å². The van der Waals surface area contributed by atoms with Crippen LogP contribution >= 0.6 is 0 Å². The number of ketones is 1. The SMILES string of the molecule is COC(=O)C(CNC(=O)C(=O)c1c(C)c(C(=O)Nc2ccc(F)c(C)c2)c(C)n1C)[C@@H](C)O. The van der Waals surface area contributed by atoms with Crippen molar-refractivity contribution in [1.29, 1.82) is 0 Å². The Morgan fingerprint density at radius 2 is 1.82 bits per heavy atom. The molecule has 1 aromatic carbocycles. The standard InChI is InChI=1S/C23H28FN3O6/c1-11-9-15(7-8-17(11)24)26-21(30)18-12(2)19(27(5)13(18)3)20(29)22(31)25-10-16(14(4)28)23(32)33-6/h7-9,14,16,28H,10H2,1-6H3,(H,25,31)(H,26,30)/t14-,16?/m1/s1. The molecule has 0 bridgehead atoms. The first-order chi connectivity index (χ1) is 15.4. The van der Waals surface area contributed by atoms with Crippen LogP contribution in [-0.2, 0) is 21.4 Å². The monoisotopic (exact) mass is 461 g/mol. The highest BCUT2D eigenvalue weighted by molar-refractivity contribution is 6.43. The number of nitrogens with zero attached hydrogens (tertiary/aromatic N) is 1. The first-order valence-electron chi connectivity index (χ1n) is 10.2. The Hall–Kier alpha value is -3.53. The van der Waals surface area contributed by atoms with Crippen LogP contribution in [0.2, 0.25) is 0 Å². The number of hydrogen-bond donors (Lipinski definition) is 3. The number of aryl methyl sites for hydroxylation is 1. The minimum absolute atomic E-state index is 0.0112. The van der Waals surface area contributed by atoms with Gasteiger partial charge < -0.3 is 25.0 Å². The predicted octanol–water partition coefficient (Wildman–Crippen LogP) is 1.81. The van der Waals surface area contributed by atoms with Crippen LogP contribution in [0.5, 0.6) is 0 Å². The Bertz CT molecular complexity index is 1110. The average Bonchev–Trinajstić information content (AvgIpc) is 2.97. The third-order valence-electron chi connectivity index (χ3n) is 5.56. The van der Waals surface area contributed by atoms with Crippen LogP contribution in [0.4, 0.5) is 10.1 Å². The number of halogens is 1. The number of aliphatic hydroxyl groups excluding tert-OH is 1. The van der Waals surface area contributed by atoms with Gasteiger partial charge in [-0.05, 0) is 57.0 Å². The van der Waals surface area contributed by atoms with Crippen molar-refractivity contribution < 1.29 is 33.4 Å². The maximum atomic E-state index is 13.5. The molecule has 0 aliphatic rings. The number of aliphatic hydroxyl groups is 1. The molecule has 2 amide bonds. The van der Waals surface area contributed by atoms with E-state index in [0.717, 1.165) is 7.11 Å². The van der Waals surface area contributed by atoms with Gasteiger partial charge in [0.05, 0.1) is 30.4 Å². The molecule has 0 saturated heterocycles. The summed E-state index contributed by atoms with van der Waals surface area (Å²) in [6, 6.07) is 4.15. The summed E-state index contributed by atoms with van der Waals surface area (Å²) in [6.07, 6.45) is -1.10. The van der Waals surface area contributed by atoms with Crippen molar-refractivity contribution in [2.24, 2.45) is 13.0 Å². The van der Waals surface area contributed by atoms with Crippen LogP contribution in [-0.4, -0.2) is 53.0 Å². The number of anilines is 1. The minimum atomic E-state index is -1.10. The second-order valence-electron chi connectivity index (χ2n) is 7.82. The second-order valence-corrected chi connectivity index (χ2v) is 7.82. The summed E-state index contributed by atoms with van der Waals surface area (Å²) >= 11 is 0. The Morgan fingerprint density at radius 1 is 1.18 bits per heavy atom. The molecule has 2 atom stereocenters. The number of aromatic nitrogens is 1. The molecule has 1 heterocycles. The summed E-state index contributed by atoms with van der Waals surface area (Å²) in [7, 11) is 2.70. The number of carbonyl (C=O) groups is 4. The first-order valence-corrected chi connectivity index (χ1v) is 10.2. The summed E-state index contributed by atoms with van der Waals surface area (Å²) in [5.74, 6) is -4.56. The van der Waals surface area contributed by atoms with Crippen LogP contribution in [0, 0.1) is 32.5 Å². The number of hydrogen-bond acceptors (Lipinski definition) is 6. The number of benzene rings is 1. The van der Waals surface area contributed by atoms with Gasteiger partial charge in [0.2, 0.25) is 0 Å². The molecule has 10 heteroatoms. The van der Waals surface area contributed by atoms with Gasteiger partial charge >= 0.3 is 5.97 Å². The van der Waals surface area contributed by atoms with Crippen molar-refractivity contribution >= 4 is 29.3 Å². The molecular weight excluding hydrogens is 433 g/mol. The Morgan fingerprint density at radius 3 is 2.36 bits per heavy atom. The molecule has 2 aromatic rings. The first kappa shape index (κ1) is 25.7. The molecule has 0 saturated carbocycles. The van der Waals surface area contributed by atoms with E-state index in [4.69, 9.17) is 0 Å². The number of methoxy groups -OCH3 is 1. The zero-order chi connectivity index (χ0) is 25.0. The van der Waals surface area contributed by atoms with Crippen molar-refractivity contribution in [3.8, 4) is 0 Å². The molecular formula is C23H28FN3O6. The number of carbonyl (C=O) groups excluding carboxylic acids is 4. The maximum Gasteiger partial charge on any atom is 0.313 e. The molecule has 0 aliphatic carbocycles. The lowest BCUT2D eigenvalue weighted by Crippen LogP contribution is -2.41. The number of nitrogens with one attached hydrogen (secondary N) is 2. The van der Waals surface area contributed by atoms with Crippen LogP contribution in [0.1, 0.15) is 44.6 Å². The smallest absolute Gasteiger partial charge is 0.313 e. The molecule has 178 valence electrons. The predicted molar refractivity (Wildman–Crippen MR) is 119 cm³/mol. The van der Waals surface area contributed by atoms with Crippen molar-refractivity contribution in [3.05, 3.63) is 52.1 Å². The van der Waals surface area contributed by atoms with Crippen LogP contribution in [0.15, 0.2) is 18.2 Å². The van der Waals surface area contributed by atoms with Gasteiger partial charge in [-0.15, -0.1) is 0 Å². The van der Waals surface area contributed by atoms with Gasteiger partial charge in [0, 0.05) is 25.0 Å². The van der Waals surface area contributed by atoms with Gasteiger partial charge in [-0.1, -0.05) is 0 Å². The summed E-state index contributed by atoms with van der Waals surface area (Å²) in [5, 5.41) is 14.7. The molecule has 0 radical (unpaired) electrons. The molecule has 9 nitrogen and oxygen atoms in total. The molecule has 2 rings (SSSR count). The van der Waals surface area contributed by atoms with Crippen LogP contribution in [0.3, 0.4) is 0 Å². The number of ether oxygens (including phenoxy) is 1. The molecule has 1 aromatic heterocycles. The van der Waals surface area contributed by atoms with Crippen molar-refractivity contribution in [1.82, 2.24) is 9.88 Å². The molecule has 0 fully saturated rings. The number of Topliss-reactive ketones (excluding diaryl/α,β-unsaturated/α-hetero) is 1. The van der Waals surface area contributed by atoms with Gasteiger partial charge in [-0.3, -0.25) is 19.2 Å². The fourth-order valence-electron chi connectivity index (χ4n) is 3.54. The molecule has 1 unspecified atom stereocenters. The quantitative estimate of drug-likeness (QED) is 0.313. The molecule has 3 N–H and O–H groups in total. The average molecular weight is 461 g/mol. The second kappa shape index (κ2) is 10.4. The molecule has 0 spiro atoms. The maximum absolute atomic E-state index is 13.5. The van der Waals surface area contributed by atoms with Crippen LogP contribution in [0.25, 0.3) is 0 Å². The van der Waals surface area contributed by atoms with E-state index in [-0.39, 0.29) is 17.8 Å². The molecule has 0 aliphatic heterocycles. The normalized spacial score (nSPS) is 12.6. The highest BCUT2D eigenvalue weighted by Crippen LogP contribution is 2.24. The zero-order valence-electron chi connectivity index (χ0n) is 19.4. The van der Waals surface area contributed by atoms with Gasteiger partial charge in [-0.25, -0.2) is 4.39 Å². The summed E-state index contributed by atoms with van der Waals surface area (Å²) in [5.41, 5.74) is 1.73. The van der Waals surface area contributed by atoms with E-state index in [1.165, 1.54) is 29.7 Å². The fourth-order valence-corrected chi connectivity index (χ4v) is 3.54. The van der Waals surface area contributed by atoms with E-state index in [9.17, 15) is 28.7 Å². The van der Waals surface area contributed by atoms with Crippen LogP contribution < -0.4 is 10.6 Å². The topological polar surface area (TPSA) is 127 Å². The summed E-state index contributed by atoms with van der Waals surface area (Å²) in [6.45, 7) is 5.82. The van der Waals surface area contributed by atoms with E-state index in [1.807, 2.05) is 0 Å². The van der Waals surface area contributed by atoms with Gasteiger partial charge in [0.1, 0.15) is 5.82 Å². The van der Waals surface area contributed by atoms with E-state index in [0.29, 0.717) is 22.5 Å². The van der Waals surface area contributed by atoms with Crippen molar-refractivity contribution in [2.45, 2.75) is 33.8 Å². The zero-order valence-corrected chi connectivity index (χ0v) is 19.4.